The molecule has 3 rings (SSSR count). The summed E-state index contributed by atoms with van der Waals surface area (Å²) in [7, 11) is -4.34. The number of amides is 1. The zero-order valence-electron chi connectivity index (χ0n) is 16.8. The maximum absolute atomic E-state index is 13.5. The molecule has 0 unspecified atom stereocenters. The number of halogens is 3. The highest BCUT2D eigenvalue weighted by molar-refractivity contribution is 7.93. The highest BCUT2D eigenvalue weighted by Crippen LogP contribution is 2.35. The van der Waals surface area contributed by atoms with E-state index in [1.165, 1.54) is 37.3 Å². The summed E-state index contributed by atoms with van der Waals surface area (Å²) in [6, 6.07) is 8.79. The topological polar surface area (TPSA) is 84.9 Å². The lowest BCUT2D eigenvalue weighted by Gasteiger charge is -2.30. The first-order chi connectivity index (χ1) is 14.5. The maximum Gasteiger partial charge on any atom is 0.405 e. The van der Waals surface area contributed by atoms with E-state index in [0.29, 0.717) is 12.4 Å². The molecule has 2 aromatic rings. The Balaban J connectivity index is 2.01. The molecule has 31 heavy (non-hydrogen) atoms. The molecule has 1 heterocycles. The number of rotatable bonds is 6. The van der Waals surface area contributed by atoms with Crippen molar-refractivity contribution in [3.63, 3.8) is 0 Å². The third kappa shape index (κ3) is 5.22. The molecular formula is C20H21F3N2O5S. The Morgan fingerprint density at radius 1 is 1.10 bits per heavy atom. The van der Waals surface area contributed by atoms with Gasteiger partial charge in [-0.1, -0.05) is 17.7 Å². The highest BCUT2D eigenvalue weighted by atomic mass is 32.2. The number of benzene rings is 2. The molecule has 1 atom stereocenters. The second-order valence-electron chi connectivity index (χ2n) is 6.95. The van der Waals surface area contributed by atoms with Gasteiger partial charge in [-0.3, -0.25) is 9.10 Å². The van der Waals surface area contributed by atoms with Crippen LogP contribution in [0.25, 0.3) is 0 Å². The Kier molecular flexibility index (Phi) is 6.35. The van der Waals surface area contributed by atoms with Gasteiger partial charge in [0.05, 0.1) is 10.6 Å². The summed E-state index contributed by atoms with van der Waals surface area (Å²) in [5, 5.41) is 1.74. The van der Waals surface area contributed by atoms with Crippen LogP contribution in [0.1, 0.15) is 12.5 Å². The average Bonchev–Trinajstić information content (AvgIpc) is 2.72. The van der Waals surface area contributed by atoms with Crippen molar-refractivity contribution in [1.82, 2.24) is 5.32 Å². The summed E-state index contributed by atoms with van der Waals surface area (Å²) in [4.78, 5) is 12.2. The average molecular weight is 458 g/mol. The van der Waals surface area contributed by atoms with Crippen molar-refractivity contribution in [2.75, 3.05) is 24.1 Å². The van der Waals surface area contributed by atoms with Gasteiger partial charge in [-0.25, -0.2) is 8.42 Å². The van der Waals surface area contributed by atoms with Gasteiger partial charge in [-0.05, 0) is 38.1 Å². The molecule has 7 nitrogen and oxygen atoms in total. The van der Waals surface area contributed by atoms with E-state index in [-0.39, 0.29) is 22.9 Å². The largest absolute Gasteiger partial charge is 0.486 e. The van der Waals surface area contributed by atoms with Gasteiger partial charge in [-0.15, -0.1) is 0 Å². The van der Waals surface area contributed by atoms with E-state index in [2.05, 4.69) is 0 Å². The van der Waals surface area contributed by atoms with Crippen LogP contribution < -0.4 is 19.1 Å². The first-order valence-corrected chi connectivity index (χ1v) is 10.8. The van der Waals surface area contributed by atoms with Crippen molar-refractivity contribution in [3.8, 4) is 11.5 Å². The molecule has 0 aliphatic carbocycles. The minimum absolute atomic E-state index is 0.134. The number of fused-ring (bicyclic) bond motifs is 1. The quantitative estimate of drug-likeness (QED) is 0.720. The SMILES string of the molecule is Cc1ccc(N([C@@H](C)C(=O)NCC(F)(F)F)S(=O)(=O)c2ccc3c(c2)OCCO3)cc1. The lowest BCUT2D eigenvalue weighted by Crippen LogP contribution is -2.49. The number of anilines is 1. The molecular weight excluding hydrogens is 437 g/mol. The smallest absolute Gasteiger partial charge is 0.405 e. The Bertz CT molecular complexity index is 1060. The molecule has 1 amide bonds. The Labute approximate surface area is 177 Å². The predicted octanol–water partition coefficient (Wildman–Crippen LogP) is 3.03. The molecule has 0 bridgehead atoms. The highest BCUT2D eigenvalue weighted by Gasteiger charge is 2.36. The second kappa shape index (κ2) is 8.66. The monoisotopic (exact) mass is 458 g/mol. The summed E-state index contributed by atoms with van der Waals surface area (Å²) in [5.41, 5.74) is 0.977. The van der Waals surface area contributed by atoms with Crippen LogP contribution in [0.3, 0.4) is 0 Å². The van der Waals surface area contributed by atoms with Crippen LogP contribution in [0.15, 0.2) is 47.4 Å². The first-order valence-electron chi connectivity index (χ1n) is 9.34. The number of hydrogen-bond acceptors (Lipinski definition) is 5. The van der Waals surface area contributed by atoms with Crippen LogP contribution in [0.4, 0.5) is 18.9 Å². The van der Waals surface area contributed by atoms with Gasteiger partial charge in [0.15, 0.2) is 11.5 Å². The Morgan fingerprint density at radius 3 is 2.32 bits per heavy atom. The van der Waals surface area contributed by atoms with Gasteiger partial charge in [0.1, 0.15) is 25.8 Å². The number of carbonyl (C=O) groups excluding carboxylic acids is 1. The maximum atomic E-state index is 13.5. The molecule has 1 N–H and O–H groups in total. The number of ether oxygens (including phenoxy) is 2. The van der Waals surface area contributed by atoms with E-state index in [9.17, 15) is 26.4 Å². The molecule has 0 radical (unpaired) electrons. The van der Waals surface area contributed by atoms with Crippen LogP contribution in [-0.4, -0.2) is 46.3 Å². The van der Waals surface area contributed by atoms with Crippen LogP contribution >= 0.6 is 0 Å². The fraction of sp³-hybridized carbons (Fsp3) is 0.350. The fourth-order valence-electron chi connectivity index (χ4n) is 3.00. The number of hydrogen-bond donors (Lipinski definition) is 1. The van der Waals surface area contributed by atoms with Crippen LogP contribution in [0, 0.1) is 6.92 Å². The molecule has 2 aromatic carbocycles. The van der Waals surface area contributed by atoms with E-state index in [4.69, 9.17) is 9.47 Å². The molecule has 11 heteroatoms. The molecule has 0 aromatic heterocycles. The summed E-state index contributed by atoms with van der Waals surface area (Å²) < 4.78 is 76.2. The van der Waals surface area contributed by atoms with E-state index >= 15 is 0 Å². The number of aryl methyl sites for hydroxylation is 1. The molecule has 1 aliphatic heterocycles. The Morgan fingerprint density at radius 2 is 1.71 bits per heavy atom. The minimum atomic E-state index is -4.63. The van der Waals surface area contributed by atoms with Crippen LogP contribution in [-0.2, 0) is 14.8 Å². The van der Waals surface area contributed by atoms with Gasteiger partial charge in [0.25, 0.3) is 10.0 Å². The van der Waals surface area contributed by atoms with Crippen LogP contribution in [0.2, 0.25) is 0 Å². The lowest BCUT2D eigenvalue weighted by atomic mass is 10.2. The van der Waals surface area contributed by atoms with Crippen molar-refractivity contribution in [2.24, 2.45) is 0 Å². The van der Waals surface area contributed by atoms with E-state index in [1.54, 1.807) is 24.4 Å². The number of alkyl halides is 3. The third-order valence-electron chi connectivity index (χ3n) is 4.55. The zero-order chi connectivity index (χ0) is 22.8. The number of carbonyl (C=O) groups is 1. The van der Waals surface area contributed by atoms with Crippen LogP contribution in [0.5, 0.6) is 11.5 Å². The van der Waals surface area contributed by atoms with Crippen molar-refractivity contribution in [1.29, 1.82) is 0 Å². The predicted molar refractivity (Wildman–Crippen MR) is 107 cm³/mol. The van der Waals surface area contributed by atoms with E-state index in [1.807, 2.05) is 0 Å². The van der Waals surface area contributed by atoms with E-state index < -0.39 is 34.7 Å². The molecule has 1 aliphatic rings. The summed E-state index contributed by atoms with van der Waals surface area (Å²) in [6.45, 7) is 2.02. The summed E-state index contributed by atoms with van der Waals surface area (Å²) >= 11 is 0. The zero-order valence-corrected chi connectivity index (χ0v) is 17.6. The Hall–Kier alpha value is -2.95. The first kappa shape index (κ1) is 22.7. The van der Waals surface area contributed by atoms with Gasteiger partial charge in [-0.2, -0.15) is 13.2 Å². The molecule has 168 valence electrons. The number of sulfonamides is 1. The molecule has 0 saturated heterocycles. The number of nitrogens with zero attached hydrogens (tertiary/aromatic N) is 1. The third-order valence-corrected chi connectivity index (χ3v) is 6.45. The second-order valence-corrected chi connectivity index (χ2v) is 8.77. The van der Waals surface area contributed by atoms with Gasteiger partial charge in [0, 0.05) is 6.07 Å². The fourth-order valence-corrected chi connectivity index (χ4v) is 4.64. The van der Waals surface area contributed by atoms with Gasteiger partial charge >= 0.3 is 6.18 Å². The lowest BCUT2D eigenvalue weighted by molar-refractivity contribution is -0.138. The van der Waals surface area contributed by atoms with Gasteiger partial charge < -0.3 is 14.8 Å². The van der Waals surface area contributed by atoms with Crippen molar-refractivity contribution < 1.29 is 35.9 Å². The van der Waals surface area contributed by atoms with E-state index in [0.717, 1.165) is 9.87 Å². The molecule has 0 fully saturated rings. The van der Waals surface area contributed by atoms with Gasteiger partial charge in [0.2, 0.25) is 5.91 Å². The minimum Gasteiger partial charge on any atom is -0.486 e. The molecule has 0 spiro atoms. The van der Waals surface area contributed by atoms with Crippen molar-refractivity contribution in [3.05, 3.63) is 48.0 Å². The molecule has 0 saturated carbocycles. The standard InChI is InChI=1S/C20H21F3N2O5S/c1-13-3-5-15(6-4-13)25(14(2)19(26)24-12-20(21,22)23)31(27,28)16-7-8-17-18(11-16)30-10-9-29-17/h3-8,11,14H,9-10,12H2,1-2H3,(H,24,26)/t14-/m0/s1. The summed E-state index contributed by atoms with van der Waals surface area (Å²) in [5.74, 6) is -0.479. The van der Waals surface area contributed by atoms with Crippen molar-refractivity contribution in [2.45, 2.75) is 31.0 Å². The normalized spacial score (nSPS) is 14.6. The van der Waals surface area contributed by atoms with Crippen molar-refractivity contribution >= 4 is 21.6 Å². The number of nitrogens with one attached hydrogen (secondary N) is 1. The summed E-state index contributed by atoms with van der Waals surface area (Å²) in [6.07, 6.45) is -4.63.